The molecule has 0 aromatic heterocycles. The second-order valence-electron chi connectivity index (χ2n) is 4.78. The van der Waals surface area contributed by atoms with Gasteiger partial charge in [-0.05, 0) is 25.0 Å². The zero-order valence-electron chi connectivity index (χ0n) is 11.0. The fraction of sp³-hybridized carbons (Fsp3) is 0.500. The Labute approximate surface area is 118 Å². The van der Waals surface area contributed by atoms with E-state index in [1.165, 1.54) is 0 Å². The maximum Gasteiger partial charge on any atom is 0.263 e. The Kier molecular flexibility index (Phi) is 4.66. The molecule has 1 aliphatic rings. The van der Waals surface area contributed by atoms with Gasteiger partial charge in [0.05, 0.1) is 5.02 Å². The van der Waals surface area contributed by atoms with E-state index in [0.29, 0.717) is 30.3 Å². The minimum atomic E-state index is -0.495. The Hall–Kier alpha value is -1.26. The monoisotopic (exact) mass is 282 g/mol. The maximum atomic E-state index is 12.3. The lowest BCUT2D eigenvalue weighted by Gasteiger charge is -2.23. The van der Waals surface area contributed by atoms with Crippen molar-refractivity contribution in [3.63, 3.8) is 0 Å². The molecule has 1 heterocycles. The smallest absolute Gasteiger partial charge is 0.263 e. The van der Waals surface area contributed by atoms with Crippen molar-refractivity contribution in [2.75, 3.05) is 13.1 Å². The van der Waals surface area contributed by atoms with Crippen LogP contribution in [0, 0.1) is 0 Å². The number of amides is 1. The van der Waals surface area contributed by atoms with E-state index >= 15 is 0 Å². The molecule has 1 aromatic carbocycles. The first kappa shape index (κ1) is 14.2. The molecule has 1 fully saturated rings. The van der Waals surface area contributed by atoms with Gasteiger partial charge >= 0.3 is 0 Å². The molecule has 104 valence electrons. The third-order valence-corrected chi connectivity index (χ3v) is 3.60. The van der Waals surface area contributed by atoms with Gasteiger partial charge in [0.15, 0.2) is 6.10 Å². The predicted molar refractivity (Wildman–Crippen MR) is 75.3 cm³/mol. The number of nitrogens with zero attached hydrogens (tertiary/aromatic N) is 1. The van der Waals surface area contributed by atoms with E-state index in [2.05, 4.69) is 0 Å². The second kappa shape index (κ2) is 6.26. The van der Waals surface area contributed by atoms with Crippen molar-refractivity contribution in [3.8, 4) is 5.75 Å². The maximum absolute atomic E-state index is 12.3. The highest BCUT2D eigenvalue weighted by Crippen LogP contribution is 2.25. The Morgan fingerprint density at radius 3 is 2.89 bits per heavy atom. The summed E-state index contributed by atoms with van der Waals surface area (Å²) in [7, 11) is 0. The molecule has 2 atom stereocenters. The number of hydrogen-bond acceptors (Lipinski definition) is 3. The van der Waals surface area contributed by atoms with Gasteiger partial charge in [0.2, 0.25) is 0 Å². The Bertz CT molecular complexity index is 453. The summed E-state index contributed by atoms with van der Waals surface area (Å²) in [6.07, 6.45) is 0.967. The van der Waals surface area contributed by atoms with Crippen molar-refractivity contribution in [1.82, 2.24) is 4.90 Å². The molecule has 2 rings (SSSR count). The molecular formula is C14H19ClN2O2. The number of carbonyl (C=O) groups excluding carboxylic acids is 1. The lowest BCUT2D eigenvalue weighted by Crippen LogP contribution is -2.41. The highest BCUT2D eigenvalue weighted by molar-refractivity contribution is 6.32. The van der Waals surface area contributed by atoms with Gasteiger partial charge in [-0.2, -0.15) is 0 Å². The van der Waals surface area contributed by atoms with Gasteiger partial charge in [-0.25, -0.2) is 0 Å². The number of ether oxygens (including phenoxy) is 1. The summed E-state index contributed by atoms with van der Waals surface area (Å²) in [6, 6.07) is 7.27. The van der Waals surface area contributed by atoms with Gasteiger partial charge in [-0.15, -0.1) is 0 Å². The standard InChI is InChI=1S/C14H19ClN2O2/c1-2-12(14(18)17-8-7-10(16)9-17)19-13-6-4-3-5-11(13)15/h3-6,10,12H,2,7-9,16H2,1H3/t10-,12+/m1/s1. The first-order valence-electron chi connectivity index (χ1n) is 6.57. The number of rotatable bonds is 4. The molecule has 1 saturated heterocycles. The minimum Gasteiger partial charge on any atom is -0.479 e. The molecule has 0 aliphatic carbocycles. The normalized spacial score (nSPS) is 20.4. The van der Waals surface area contributed by atoms with Crippen molar-refractivity contribution >= 4 is 17.5 Å². The molecule has 0 spiro atoms. The number of hydrogen-bond donors (Lipinski definition) is 1. The van der Waals surface area contributed by atoms with Crippen molar-refractivity contribution in [1.29, 1.82) is 0 Å². The Morgan fingerprint density at radius 2 is 2.32 bits per heavy atom. The van der Waals surface area contributed by atoms with E-state index in [4.69, 9.17) is 22.1 Å². The number of para-hydroxylation sites is 1. The number of carbonyl (C=O) groups is 1. The number of benzene rings is 1. The van der Waals surface area contributed by atoms with Gasteiger partial charge in [0.1, 0.15) is 5.75 Å². The average Bonchev–Trinajstić information content (AvgIpc) is 2.84. The zero-order chi connectivity index (χ0) is 13.8. The zero-order valence-corrected chi connectivity index (χ0v) is 11.8. The summed E-state index contributed by atoms with van der Waals surface area (Å²) in [4.78, 5) is 14.1. The molecule has 19 heavy (non-hydrogen) atoms. The summed E-state index contributed by atoms with van der Waals surface area (Å²) in [5.74, 6) is 0.545. The van der Waals surface area contributed by atoms with E-state index in [1.807, 2.05) is 19.1 Å². The summed E-state index contributed by atoms with van der Waals surface area (Å²) in [5.41, 5.74) is 5.83. The predicted octanol–water partition coefficient (Wildman–Crippen LogP) is 2.06. The van der Waals surface area contributed by atoms with Gasteiger partial charge in [0.25, 0.3) is 5.91 Å². The fourth-order valence-corrected chi connectivity index (χ4v) is 2.37. The lowest BCUT2D eigenvalue weighted by atomic mass is 10.2. The largest absolute Gasteiger partial charge is 0.479 e. The van der Waals surface area contributed by atoms with E-state index in [-0.39, 0.29) is 11.9 Å². The van der Waals surface area contributed by atoms with Crippen LogP contribution >= 0.6 is 11.6 Å². The van der Waals surface area contributed by atoms with E-state index in [9.17, 15) is 4.79 Å². The van der Waals surface area contributed by atoms with Crippen LogP contribution in [0.4, 0.5) is 0 Å². The molecule has 0 radical (unpaired) electrons. The quantitative estimate of drug-likeness (QED) is 0.920. The van der Waals surface area contributed by atoms with Crippen LogP contribution < -0.4 is 10.5 Å². The van der Waals surface area contributed by atoms with Gasteiger partial charge < -0.3 is 15.4 Å². The lowest BCUT2D eigenvalue weighted by molar-refractivity contribution is -0.137. The fourth-order valence-electron chi connectivity index (χ4n) is 2.19. The van der Waals surface area contributed by atoms with E-state index < -0.39 is 6.10 Å². The van der Waals surface area contributed by atoms with Crippen LogP contribution in [0.1, 0.15) is 19.8 Å². The van der Waals surface area contributed by atoms with Crippen LogP contribution in [0.3, 0.4) is 0 Å². The minimum absolute atomic E-state index is 0.00429. The van der Waals surface area contributed by atoms with Crippen LogP contribution in [-0.2, 0) is 4.79 Å². The van der Waals surface area contributed by atoms with Crippen molar-refractivity contribution in [3.05, 3.63) is 29.3 Å². The van der Waals surface area contributed by atoms with Crippen molar-refractivity contribution < 1.29 is 9.53 Å². The first-order chi connectivity index (χ1) is 9.11. The van der Waals surface area contributed by atoms with Gasteiger partial charge in [0, 0.05) is 19.1 Å². The van der Waals surface area contributed by atoms with E-state index in [1.54, 1.807) is 17.0 Å². The third-order valence-electron chi connectivity index (χ3n) is 3.29. The molecule has 0 bridgehead atoms. The highest BCUT2D eigenvalue weighted by atomic mass is 35.5. The first-order valence-corrected chi connectivity index (χ1v) is 6.95. The average molecular weight is 283 g/mol. The highest BCUT2D eigenvalue weighted by Gasteiger charge is 2.29. The van der Waals surface area contributed by atoms with E-state index in [0.717, 1.165) is 6.42 Å². The molecule has 1 aliphatic heterocycles. The molecule has 5 heteroatoms. The summed E-state index contributed by atoms with van der Waals surface area (Å²) >= 11 is 6.04. The van der Waals surface area contributed by atoms with Crippen LogP contribution in [-0.4, -0.2) is 36.0 Å². The third kappa shape index (κ3) is 3.39. The molecule has 1 aromatic rings. The number of likely N-dealkylation sites (tertiary alicyclic amines) is 1. The van der Waals surface area contributed by atoms with Crippen LogP contribution in [0.15, 0.2) is 24.3 Å². The molecular weight excluding hydrogens is 264 g/mol. The van der Waals surface area contributed by atoms with Gasteiger partial charge in [-0.1, -0.05) is 30.7 Å². The second-order valence-corrected chi connectivity index (χ2v) is 5.19. The van der Waals surface area contributed by atoms with Crippen LogP contribution in [0.25, 0.3) is 0 Å². The summed E-state index contributed by atoms with van der Waals surface area (Å²) in [5, 5.41) is 0.520. The van der Waals surface area contributed by atoms with Gasteiger partial charge in [-0.3, -0.25) is 4.79 Å². The molecule has 1 amide bonds. The van der Waals surface area contributed by atoms with Crippen LogP contribution in [0.5, 0.6) is 5.75 Å². The number of halogens is 1. The topological polar surface area (TPSA) is 55.6 Å². The van der Waals surface area contributed by atoms with Crippen LogP contribution in [0.2, 0.25) is 5.02 Å². The Morgan fingerprint density at radius 1 is 1.58 bits per heavy atom. The molecule has 4 nitrogen and oxygen atoms in total. The SMILES string of the molecule is CC[C@H](Oc1ccccc1Cl)C(=O)N1CC[C@@H](N)C1. The molecule has 2 N–H and O–H groups in total. The van der Waals surface area contributed by atoms with Crippen molar-refractivity contribution in [2.24, 2.45) is 5.73 Å². The summed E-state index contributed by atoms with van der Waals surface area (Å²) in [6.45, 7) is 3.25. The Balaban J connectivity index is 2.04. The number of nitrogens with two attached hydrogens (primary N) is 1. The molecule has 0 saturated carbocycles. The van der Waals surface area contributed by atoms with Crippen molar-refractivity contribution in [2.45, 2.75) is 31.9 Å². The molecule has 0 unspecified atom stereocenters. The summed E-state index contributed by atoms with van der Waals surface area (Å²) < 4.78 is 5.74.